The number of hydrogen-bond acceptors (Lipinski definition) is 3. The number of thiophene rings is 1. The van der Waals surface area contributed by atoms with Crippen molar-refractivity contribution in [2.75, 3.05) is 6.54 Å². The Balaban J connectivity index is 1.50. The molecule has 3 aromatic rings. The number of carbonyl (C=O) groups is 1. The summed E-state index contributed by atoms with van der Waals surface area (Å²) in [4.78, 5) is 17.9. The first-order valence-corrected chi connectivity index (χ1v) is 11.1. The van der Waals surface area contributed by atoms with Gasteiger partial charge in [0.15, 0.2) is 11.6 Å². The van der Waals surface area contributed by atoms with E-state index < -0.39 is 29.5 Å². The molecule has 0 unspecified atom stereocenters. The lowest BCUT2D eigenvalue weighted by Crippen LogP contribution is -2.39. The summed E-state index contributed by atoms with van der Waals surface area (Å²) in [6.45, 7) is -0.146. The Morgan fingerprint density at radius 1 is 1.12 bits per heavy atom. The van der Waals surface area contributed by atoms with E-state index in [1.165, 1.54) is 4.90 Å². The normalized spacial score (nSPS) is 14.0. The minimum absolute atomic E-state index is 0.00846. The van der Waals surface area contributed by atoms with Gasteiger partial charge in [-0.2, -0.15) is 13.2 Å². The fraction of sp³-hybridized carbons (Fsp3) is 0.333. The first-order valence-electron chi connectivity index (χ1n) is 9.87. The zero-order valence-electron chi connectivity index (χ0n) is 16.9. The Labute approximate surface area is 193 Å². The van der Waals surface area contributed by atoms with Crippen LogP contribution in [0.2, 0.25) is 4.34 Å². The molecule has 33 heavy (non-hydrogen) atoms. The van der Waals surface area contributed by atoms with Gasteiger partial charge >= 0.3 is 6.18 Å². The van der Waals surface area contributed by atoms with Crippen molar-refractivity contribution in [3.05, 3.63) is 62.4 Å². The molecule has 0 bridgehead atoms. The molecule has 0 saturated carbocycles. The molecule has 1 aliphatic heterocycles. The van der Waals surface area contributed by atoms with Crippen LogP contribution in [0.25, 0.3) is 11.3 Å². The number of halogens is 7. The maximum Gasteiger partial charge on any atom is 0.449 e. The highest BCUT2D eigenvalue weighted by atomic mass is 35.5. The lowest BCUT2D eigenvalue weighted by atomic mass is 10.1. The molecule has 2 aromatic heterocycles. The fourth-order valence-electron chi connectivity index (χ4n) is 3.82. The number of imidazole rings is 1. The van der Waals surface area contributed by atoms with Crippen molar-refractivity contribution in [1.29, 1.82) is 0 Å². The second kappa shape index (κ2) is 9.02. The molecule has 0 atom stereocenters. The van der Waals surface area contributed by atoms with Gasteiger partial charge in [0, 0.05) is 31.1 Å². The summed E-state index contributed by atoms with van der Waals surface area (Å²) in [6.07, 6.45) is -4.54. The number of amides is 1. The van der Waals surface area contributed by atoms with Crippen molar-refractivity contribution in [1.82, 2.24) is 14.5 Å². The maximum absolute atomic E-state index is 13.8. The molecule has 4 rings (SSSR count). The molecule has 176 valence electrons. The minimum Gasteiger partial charge on any atom is -0.335 e. The molecule has 12 heteroatoms. The highest BCUT2D eigenvalue weighted by molar-refractivity contribution is 7.15. The van der Waals surface area contributed by atoms with E-state index in [-0.39, 0.29) is 61.8 Å². The number of aromatic nitrogens is 2. The number of aryl methyl sites for hydroxylation is 1. The first-order chi connectivity index (χ1) is 15.6. The standard InChI is InChI=1S/C21H16ClF6N3OS/c22-19-12(4-7-33-19)18-16-10-30(5-6-31(16)20(29-18)21(26,27)28)17(32)3-1-2-11-8-14(24)15(25)9-13(11)23/h4,7-9H,1-3,5-6,10H2. The van der Waals surface area contributed by atoms with Crippen LogP contribution in [0.5, 0.6) is 0 Å². The van der Waals surface area contributed by atoms with Gasteiger partial charge in [-0.15, -0.1) is 11.3 Å². The van der Waals surface area contributed by atoms with Crippen molar-refractivity contribution in [3.8, 4) is 11.3 Å². The molecule has 1 amide bonds. The number of nitrogens with zero attached hydrogens (tertiary/aromatic N) is 3. The van der Waals surface area contributed by atoms with Gasteiger partial charge in [0.25, 0.3) is 0 Å². The van der Waals surface area contributed by atoms with Gasteiger partial charge in [-0.05, 0) is 35.9 Å². The van der Waals surface area contributed by atoms with Crippen LogP contribution < -0.4 is 0 Å². The van der Waals surface area contributed by atoms with E-state index in [1.807, 2.05) is 0 Å². The van der Waals surface area contributed by atoms with Gasteiger partial charge in [0.1, 0.15) is 10.2 Å². The number of rotatable bonds is 5. The molecule has 1 aliphatic rings. The van der Waals surface area contributed by atoms with Crippen molar-refractivity contribution in [2.24, 2.45) is 0 Å². The van der Waals surface area contributed by atoms with Crippen LogP contribution in [0.4, 0.5) is 26.3 Å². The van der Waals surface area contributed by atoms with E-state index in [4.69, 9.17) is 11.6 Å². The van der Waals surface area contributed by atoms with Crippen LogP contribution in [-0.2, 0) is 30.5 Å². The molecule has 0 aliphatic carbocycles. The Morgan fingerprint density at radius 3 is 2.52 bits per heavy atom. The monoisotopic (exact) mass is 507 g/mol. The summed E-state index contributed by atoms with van der Waals surface area (Å²) >= 11 is 7.29. The van der Waals surface area contributed by atoms with E-state index in [1.54, 1.807) is 11.4 Å². The molecule has 4 nitrogen and oxygen atoms in total. The molecule has 0 N–H and O–H groups in total. The number of benzene rings is 1. The van der Waals surface area contributed by atoms with Gasteiger partial charge in [0.05, 0.1) is 17.9 Å². The molecule has 0 spiro atoms. The first kappa shape index (κ1) is 23.6. The topological polar surface area (TPSA) is 38.1 Å². The van der Waals surface area contributed by atoms with E-state index in [0.29, 0.717) is 16.0 Å². The van der Waals surface area contributed by atoms with Crippen molar-refractivity contribution < 1.29 is 31.1 Å². The van der Waals surface area contributed by atoms with Crippen LogP contribution in [0, 0.1) is 17.5 Å². The zero-order chi connectivity index (χ0) is 23.9. The highest BCUT2D eigenvalue weighted by Gasteiger charge is 2.41. The van der Waals surface area contributed by atoms with Crippen molar-refractivity contribution in [2.45, 2.75) is 38.5 Å². The van der Waals surface area contributed by atoms with Crippen LogP contribution in [0.15, 0.2) is 23.6 Å². The molecular formula is C21H16ClF6N3OS. The summed E-state index contributed by atoms with van der Waals surface area (Å²) in [5.41, 5.74) is 0.621. The summed E-state index contributed by atoms with van der Waals surface area (Å²) in [7, 11) is 0. The average Bonchev–Trinajstić information content (AvgIpc) is 3.34. The Morgan fingerprint density at radius 2 is 1.85 bits per heavy atom. The molecule has 0 radical (unpaired) electrons. The van der Waals surface area contributed by atoms with E-state index >= 15 is 0 Å². The summed E-state index contributed by atoms with van der Waals surface area (Å²) < 4.78 is 82.1. The highest BCUT2D eigenvalue weighted by Crippen LogP contribution is 2.39. The third-order valence-electron chi connectivity index (χ3n) is 5.41. The quantitative estimate of drug-likeness (QED) is 0.311. The lowest BCUT2D eigenvalue weighted by molar-refractivity contribution is -0.148. The van der Waals surface area contributed by atoms with E-state index in [9.17, 15) is 31.1 Å². The van der Waals surface area contributed by atoms with E-state index in [0.717, 1.165) is 22.0 Å². The number of hydrogen-bond donors (Lipinski definition) is 0. The molecule has 3 heterocycles. The van der Waals surface area contributed by atoms with Crippen LogP contribution >= 0.6 is 22.9 Å². The second-order valence-corrected chi connectivity index (χ2v) is 9.03. The maximum atomic E-state index is 13.8. The van der Waals surface area contributed by atoms with Gasteiger partial charge in [-0.1, -0.05) is 11.6 Å². The molecular weight excluding hydrogens is 492 g/mol. The second-order valence-electron chi connectivity index (χ2n) is 7.51. The SMILES string of the molecule is O=C(CCCc1cc(F)c(F)cc1F)N1CCn2c(C(F)(F)F)nc(-c3ccsc3Cl)c2C1. The van der Waals surface area contributed by atoms with Crippen molar-refractivity contribution >= 4 is 28.8 Å². The van der Waals surface area contributed by atoms with Crippen LogP contribution in [-0.4, -0.2) is 26.9 Å². The zero-order valence-corrected chi connectivity index (χ0v) is 18.4. The largest absolute Gasteiger partial charge is 0.449 e. The summed E-state index contributed by atoms with van der Waals surface area (Å²) in [5, 5.41) is 1.64. The van der Waals surface area contributed by atoms with Crippen LogP contribution in [0.1, 0.15) is 29.9 Å². The Bertz CT molecular complexity index is 1210. The third-order valence-corrected chi connectivity index (χ3v) is 6.58. The average molecular weight is 508 g/mol. The fourth-order valence-corrected chi connectivity index (χ4v) is 4.74. The number of fused-ring (bicyclic) bond motifs is 1. The molecule has 1 aromatic carbocycles. The Hall–Kier alpha value is -2.53. The van der Waals surface area contributed by atoms with Crippen molar-refractivity contribution in [3.63, 3.8) is 0 Å². The molecule has 0 fully saturated rings. The number of alkyl halides is 3. The predicted octanol–water partition coefficient (Wildman–Crippen LogP) is 6.07. The van der Waals surface area contributed by atoms with Gasteiger partial charge in [-0.25, -0.2) is 18.2 Å². The third kappa shape index (κ3) is 4.74. The molecule has 0 saturated heterocycles. The van der Waals surface area contributed by atoms with Gasteiger partial charge < -0.3 is 9.47 Å². The van der Waals surface area contributed by atoms with E-state index in [2.05, 4.69) is 4.98 Å². The lowest BCUT2D eigenvalue weighted by Gasteiger charge is -2.30. The van der Waals surface area contributed by atoms with Crippen LogP contribution in [0.3, 0.4) is 0 Å². The smallest absolute Gasteiger partial charge is 0.335 e. The minimum atomic E-state index is -4.67. The number of carbonyl (C=O) groups excluding carboxylic acids is 1. The summed E-state index contributed by atoms with van der Waals surface area (Å²) in [5.74, 6) is -4.77. The van der Waals surface area contributed by atoms with Gasteiger partial charge in [0.2, 0.25) is 11.7 Å². The Kier molecular flexibility index (Phi) is 6.45. The van der Waals surface area contributed by atoms with Gasteiger partial charge in [-0.3, -0.25) is 4.79 Å². The predicted molar refractivity (Wildman–Crippen MR) is 110 cm³/mol. The summed E-state index contributed by atoms with van der Waals surface area (Å²) in [6, 6.07) is 2.78.